The van der Waals surface area contributed by atoms with Gasteiger partial charge < -0.3 is 16.0 Å². The van der Waals surface area contributed by atoms with E-state index < -0.39 is 0 Å². The molecule has 4 heteroatoms. The molecular weight excluding hydrogens is 262 g/mol. The van der Waals surface area contributed by atoms with Crippen molar-refractivity contribution in [2.24, 2.45) is 5.73 Å². The number of nitrogens with two attached hydrogens (primary N) is 1. The molecule has 0 aromatic heterocycles. The number of hydrogen-bond donors (Lipinski definition) is 2. The number of aryl methyl sites for hydroxylation is 1. The lowest BCUT2D eigenvalue weighted by Gasteiger charge is -2.19. The van der Waals surface area contributed by atoms with Gasteiger partial charge in [-0.3, -0.25) is 4.79 Å². The highest BCUT2D eigenvalue weighted by Crippen LogP contribution is 2.14. The summed E-state index contributed by atoms with van der Waals surface area (Å²) in [5, 5.41) is 3.02. The summed E-state index contributed by atoms with van der Waals surface area (Å²) in [5.41, 5.74) is 7.98. The van der Waals surface area contributed by atoms with E-state index in [9.17, 15) is 4.79 Å². The van der Waals surface area contributed by atoms with Gasteiger partial charge in [-0.1, -0.05) is 17.9 Å². The van der Waals surface area contributed by atoms with Crippen molar-refractivity contribution < 1.29 is 4.79 Å². The molecule has 4 nitrogen and oxygen atoms in total. The Morgan fingerprint density at radius 2 is 2.33 bits per heavy atom. The van der Waals surface area contributed by atoms with Crippen LogP contribution in [0, 0.1) is 18.8 Å². The highest BCUT2D eigenvalue weighted by atomic mass is 16.1. The molecule has 0 aliphatic carbocycles. The quantitative estimate of drug-likeness (QED) is 0.819. The van der Waals surface area contributed by atoms with Crippen molar-refractivity contribution in [3.8, 4) is 11.8 Å². The van der Waals surface area contributed by atoms with E-state index in [1.165, 1.54) is 6.42 Å². The van der Waals surface area contributed by atoms with Gasteiger partial charge in [-0.2, -0.15) is 0 Å². The van der Waals surface area contributed by atoms with Gasteiger partial charge in [-0.25, -0.2) is 0 Å². The summed E-state index contributed by atoms with van der Waals surface area (Å²) in [5.74, 6) is 5.81. The number of rotatable bonds is 3. The molecule has 2 rings (SSSR count). The summed E-state index contributed by atoms with van der Waals surface area (Å²) >= 11 is 0. The number of amides is 1. The number of nitrogens with one attached hydrogen (secondary N) is 1. The van der Waals surface area contributed by atoms with Gasteiger partial charge in [0.05, 0.1) is 6.54 Å². The Hall–Kier alpha value is -1.83. The molecule has 1 amide bonds. The van der Waals surface area contributed by atoms with E-state index in [-0.39, 0.29) is 5.91 Å². The summed E-state index contributed by atoms with van der Waals surface area (Å²) < 4.78 is 0. The molecule has 1 aromatic rings. The standard InChI is InChI=1S/C17H23N3O/c1-13-7-8-15(11-14(13)5-3-9-18)17(21)19-12-16-6-4-10-20(16)2/h7-8,11,16H,4,6,9-10,12,18H2,1-2H3,(H,19,21). The fourth-order valence-electron chi connectivity index (χ4n) is 2.59. The van der Waals surface area contributed by atoms with Crippen LogP contribution < -0.4 is 11.1 Å². The van der Waals surface area contributed by atoms with Crippen LogP contribution in [0.25, 0.3) is 0 Å². The zero-order valence-electron chi connectivity index (χ0n) is 12.8. The average Bonchev–Trinajstić information content (AvgIpc) is 2.89. The molecule has 1 aliphatic rings. The van der Waals surface area contributed by atoms with Gasteiger partial charge in [0.25, 0.3) is 5.91 Å². The SMILES string of the molecule is Cc1ccc(C(=O)NCC2CCCN2C)cc1C#CCN. The van der Waals surface area contributed by atoms with Crippen LogP contribution in [0.4, 0.5) is 0 Å². The van der Waals surface area contributed by atoms with Gasteiger partial charge in [-0.05, 0) is 51.1 Å². The molecule has 1 unspecified atom stereocenters. The number of likely N-dealkylation sites (tertiary alicyclic amines) is 1. The lowest BCUT2D eigenvalue weighted by atomic mass is 10.0. The highest BCUT2D eigenvalue weighted by Gasteiger charge is 2.21. The average molecular weight is 285 g/mol. The summed E-state index contributed by atoms with van der Waals surface area (Å²) in [4.78, 5) is 14.5. The Morgan fingerprint density at radius 3 is 3.00 bits per heavy atom. The zero-order valence-corrected chi connectivity index (χ0v) is 12.8. The molecule has 0 spiro atoms. The van der Waals surface area contributed by atoms with Crippen LogP contribution in [-0.2, 0) is 0 Å². The van der Waals surface area contributed by atoms with Gasteiger partial charge in [0.1, 0.15) is 0 Å². The van der Waals surface area contributed by atoms with Crippen LogP contribution in [0.3, 0.4) is 0 Å². The second-order valence-corrected chi connectivity index (χ2v) is 5.52. The summed E-state index contributed by atoms with van der Waals surface area (Å²) in [6.07, 6.45) is 2.36. The minimum absolute atomic E-state index is 0.0360. The van der Waals surface area contributed by atoms with Gasteiger partial charge in [0.15, 0.2) is 0 Å². The molecule has 1 aliphatic heterocycles. The first-order valence-corrected chi connectivity index (χ1v) is 7.40. The van der Waals surface area contributed by atoms with Crippen LogP contribution in [0.1, 0.15) is 34.3 Å². The fourth-order valence-corrected chi connectivity index (χ4v) is 2.59. The van der Waals surface area contributed by atoms with E-state index >= 15 is 0 Å². The molecule has 112 valence electrons. The Labute approximate surface area is 126 Å². The van der Waals surface area contributed by atoms with E-state index in [0.717, 1.165) is 24.1 Å². The van der Waals surface area contributed by atoms with Crippen LogP contribution in [0.15, 0.2) is 18.2 Å². The predicted molar refractivity (Wildman–Crippen MR) is 85.1 cm³/mol. The molecular formula is C17H23N3O. The smallest absolute Gasteiger partial charge is 0.251 e. The molecule has 1 atom stereocenters. The molecule has 0 bridgehead atoms. The fraction of sp³-hybridized carbons (Fsp3) is 0.471. The van der Waals surface area contributed by atoms with Crippen molar-refractivity contribution in [2.45, 2.75) is 25.8 Å². The van der Waals surface area contributed by atoms with Crippen molar-refractivity contribution in [1.29, 1.82) is 0 Å². The van der Waals surface area contributed by atoms with Crippen molar-refractivity contribution in [1.82, 2.24) is 10.2 Å². The van der Waals surface area contributed by atoms with Gasteiger partial charge >= 0.3 is 0 Å². The molecule has 1 aromatic carbocycles. The van der Waals surface area contributed by atoms with E-state index in [2.05, 4.69) is 29.1 Å². The van der Waals surface area contributed by atoms with E-state index in [0.29, 0.717) is 24.7 Å². The first-order chi connectivity index (χ1) is 10.1. The number of benzene rings is 1. The maximum Gasteiger partial charge on any atom is 0.251 e. The van der Waals surface area contributed by atoms with Crippen LogP contribution in [0.5, 0.6) is 0 Å². The first kappa shape index (κ1) is 15.6. The largest absolute Gasteiger partial charge is 0.350 e. The molecule has 0 radical (unpaired) electrons. The maximum atomic E-state index is 12.2. The van der Waals surface area contributed by atoms with E-state index in [1.54, 1.807) is 0 Å². The third-order valence-electron chi connectivity index (χ3n) is 3.99. The van der Waals surface area contributed by atoms with Crippen molar-refractivity contribution in [2.75, 3.05) is 26.7 Å². The van der Waals surface area contributed by atoms with Crippen molar-refractivity contribution in [3.05, 3.63) is 34.9 Å². The minimum atomic E-state index is -0.0360. The number of nitrogens with zero attached hydrogens (tertiary/aromatic N) is 1. The Balaban J connectivity index is 2.02. The van der Waals surface area contributed by atoms with Crippen LogP contribution in [-0.4, -0.2) is 43.5 Å². The molecule has 21 heavy (non-hydrogen) atoms. The third kappa shape index (κ3) is 4.07. The van der Waals surface area contributed by atoms with Gasteiger partial charge in [0.2, 0.25) is 0 Å². The van der Waals surface area contributed by atoms with Crippen molar-refractivity contribution in [3.63, 3.8) is 0 Å². The number of carbonyl (C=O) groups is 1. The Kier molecular flexibility index (Phi) is 5.38. The lowest BCUT2D eigenvalue weighted by molar-refractivity contribution is 0.0943. The maximum absolute atomic E-state index is 12.2. The van der Waals surface area contributed by atoms with Crippen LogP contribution >= 0.6 is 0 Å². The van der Waals surface area contributed by atoms with E-state index in [1.807, 2.05) is 25.1 Å². The van der Waals surface area contributed by atoms with Crippen molar-refractivity contribution >= 4 is 5.91 Å². The first-order valence-electron chi connectivity index (χ1n) is 7.40. The predicted octanol–water partition coefficient (Wildman–Crippen LogP) is 1.13. The second kappa shape index (κ2) is 7.26. The summed E-state index contributed by atoms with van der Waals surface area (Å²) in [6, 6.07) is 6.07. The number of carbonyl (C=O) groups excluding carboxylic acids is 1. The van der Waals surface area contributed by atoms with Gasteiger partial charge in [-0.15, -0.1) is 0 Å². The van der Waals surface area contributed by atoms with E-state index in [4.69, 9.17) is 5.73 Å². The molecule has 3 N–H and O–H groups in total. The molecule has 0 saturated carbocycles. The monoisotopic (exact) mass is 285 g/mol. The molecule has 1 saturated heterocycles. The van der Waals surface area contributed by atoms with Gasteiger partial charge in [0, 0.05) is 23.7 Å². The van der Waals surface area contributed by atoms with Crippen LogP contribution in [0.2, 0.25) is 0 Å². The Bertz CT molecular complexity index is 571. The number of hydrogen-bond acceptors (Lipinski definition) is 3. The second-order valence-electron chi connectivity index (χ2n) is 5.52. The number of likely N-dealkylation sites (N-methyl/N-ethyl adjacent to an activating group) is 1. The Morgan fingerprint density at radius 1 is 1.52 bits per heavy atom. The third-order valence-corrected chi connectivity index (χ3v) is 3.99. The topological polar surface area (TPSA) is 58.4 Å². The summed E-state index contributed by atoms with van der Waals surface area (Å²) in [6.45, 7) is 4.12. The highest BCUT2D eigenvalue weighted by molar-refractivity contribution is 5.94. The lowest BCUT2D eigenvalue weighted by Crippen LogP contribution is -2.38. The normalized spacial score (nSPS) is 18.1. The molecule has 1 fully saturated rings. The minimum Gasteiger partial charge on any atom is -0.350 e. The summed E-state index contributed by atoms with van der Waals surface area (Å²) in [7, 11) is 2.11. The zero-order chi connectivity index (χ0) is 15.2. The molecule has 1 heterocycles.